The van der Waals surface area contributed by atoms with Crippen LogP contribution < -0.4 is 4.90 Å². The molecule has 28 heavy (non-hydrogen) atoms. The molecule has 0 N–H and O–H groups in total. The van der Waals surface area contributed by atoms with Crippen molar-refractivity contribution in [3.63, 3.8) is 0 Å². The van der Waals surface area contributed by atoms with Gasteiger partial charge in [-0.25, -0.2) is 4.39 Å². The first-order valence-electron chi connectivity index (χ1n) is 9.80. The number of rotatable bonds is 2. The van der Waals surface area contributed by atoms with E-state index in [1.807, 2.05) is 33.8 Å². The number of nitriles is 1. The number of hydrogen-bond donors (Lipinski definition) is 0. The van der Waals surface area contributed by atoms with Gasteiger partial charge in [0.25, 0.3) is 0 Å². The molecule has 6 nitrogen and oxygen atoms in total. The summed E-state index contributed by atoms with van der Waals surface area (Å²) in [6.45, 7) is 2.70. The van der Waals surface area contributed by atoms with E-state index in [1.54, 1.807) is 12.1 Å². The molecule has 0 aliphatic carbocycles. The van der Waals surface area contributed by atoms with Gasteiger partial charge >= 0.3 is 0 Å². The van der Waals surface area contributed by atoms with Crippen molar-refractivity contribution in [2.45, 2.75) is 32.2 Å². The van der Waals surface area contributed by atoms with Gasteiger partial charge in [0.05, 0.1) is 23.5 Å². The molecule has 1 fully saturated rings. The van der Waals surface area contributed by atoms with Crippen molar-refractivity contribution in [2.24, 2.45) is 13.0 Å². The summed E-state index contributed by atoms with van der Waals surface area (Å²) in [5.41, 5.74) is 3.20. The van der Waals surface area contributed by atoms with Gasteiger partial charge in [-0.1, -0.05) is 0 Å². The Morgan fingerprint density at radius 2 is 2.07 bits per heavy atom. The number of carbonyl (C=O) groups excluding carboxylic acids is 1. The molecule has 1 amide bonds. The lowest BCUT2D eigenvalue weighted by molar-refractivity contribution is -0.136. The summed E-state index contributed by atoms with van der Waals surface area (Å²) in [6, 6.07) is 6.53. The molecule has 4 rings (SSSR count). The third-order valence-electron chi connectivity index (χ3n) is 5.92. The number of anilines is 1. The van der Waals surface area contributed by atoms with Crippen LogP contribution in [0.5, 0.6) is 0 Å². The van der Waals surface area contributed by atoms with Gasteiger partial charge in [-0.15, -0.1) is 0 Å². The van der Waals surface area contributed by atoms with Crippen LogP contribution in [0.15, 0.2) is 24.4 Å². The second-order valence-electron chi connectivity index (χ2n) is 7.64. The number of hydrogen-bond acceptors (Lipinski definition) is 4. The van der Waals surface area contributed by atoms with E-state index < -0.39 is 0 Å². The maximum Gasteiger partial charge on any atom is 0.226 e. The number of amides is 1. The molecule has 0 bridgehead atoms. The zero-order valence-electron chi connectivity index (χ0n) is 16.1. The van der Waals surface area contributed by atoms with Crippen LogP contribution in [0.25, 0.3) is 0 Å². The molecule has 1 aromatic heterocycles. The van der Waals surface area contributed by atoms with Crippen LogP contribution in [0.4, 0.5) is 10.1 Å². The molecule has 0 spiro atoms. The normalized spacial score (nSPS) is 17.8. The number of piperidine rings is 1. The molecule has 0 radical (unpaired) electrons. The largest absolute Gasteiger partial charge is 0.369 e. The van der Waals surface area contributed by atoms with E-state index >= 15 is 0 Å². The fraction of sp³-hybridized carbons (Fsp3) is 0.476. The van der Waals surface area contributed by atoms with E-state index in [0.717, 1.165) is 24.9 Å². The Morgan fingerprint density at radius 3 is 2.79 bits per heavy atom. The molecule has 0 atom stereocenters. The van der Waals surface area contributed by atoms with Crippen LogP contribution in [0.2, 0.25) is 0 Å². The Kier molecular flexibility index (Phi) is 5.03. The van der Waals surface area contributed by atoms with Crippen molar-refractivity contribution in [2.75, 3.05) is 24.5 Å². The summed E-state index contributed by atoms with van der Waals surface area (Å²) < 4.78 is 16.2. The predicted octanol–water partition coefficient (Wildman–Crippen LogP) is 2.62. The number of carbonyl (C=O) groups is 1. The van der Waals surface area contributed by atoms with Gasteiger partial charge in [-0.2, -0.15) is 10.4 Å². The number of halogens is 1. The van der Waals surface area contributed by atoms with Gasteiger partial charge in [-0.05, 0) is 43.9 Å². The second kappa shape index (κ2) is 7.63. The zero-order valence-corrected chi connectivity index (χ0v) is 16.1. The number of aryl methyl sites for hydroxylation is 1. The average Bonchev–Trinajstić information content (AvgIpc) is 2.93. The van der Waals surface area contributed by atoms with Gasteiger partial charge in [0.15, 0.2) is 0 Å². The minimum absolute atomic E-state index is 0.0177. The highest BCUT2D eigenvalue weighted by molar-refractivity contribution is 5.79. The van der Waals surface area contributed by atoms with Crippen LogP contribution in [0, 0.1) is 23.1 Å². The zero-order chi connectivity index (χ0) is 19.7. The number of nitrogens with zero attached hydrogens (tertiary/aromatic N) is 5. The summed E-state index contributed by atoms with van der Waals surface area (Å²) in [5, 5.41) is 13.2. The maximum atomic E-state index is 14.3. The Balaban J connectivity index is 1.40. The lowest BCUT2D eigenvalue weighted by Gasteiger charge is -2.35. The molecule has 1 saturated heterocycles. The third-order valence-corrected chi connectivity index (χ3v) is 5.92. The average molecular weight is 381 g/mol. The van der Waals surface area contributed by atoms with Crippen LogP contribution in [-0.2, 0) is 24.8 Å². The van der Waals surface area contributed by atoms with E-state index in [2.05, 4.69) is 5.10 Å². The number of benzene rings is 1. The predicted molar refractivity (Wildman–Crippen MR) is 103 cm³/mol. The molecule has 0 unspecified atom stereocenters. The van der Waals surface area contributed by atoms with Crippen molar-refractivity contribution in [1.82, 2.24) is 14.7 Å². The van der Waals surface area contributed by atoms with Crippen molar-refractivity contribution in [3.8, 4) is 6.07 Å². The quantitative estimate of drug-likeness (QED) is 0.802. The van der Waals surface area contributed by atoms with Crippen LogP contribution in [-0.4, -0.2) is 40.2 Å². The first-order valence-corrected chi connectivity index (χ1v) is 9.80. The monoisotopic (exact) mass is 381 g/mol. The molecule has 0 saturated carbocycles. The standard InChI is InChI=1S/C21H24FN5O/c1-25-19-3-2-8-27(14-17(19)13-24-25)21(28)16-6-9-26(10-7-16)20-5-4-15(12-23)11-18(20)22/h4-5,11,13,16H,2-3,6-10,14H2,1H3. The van der Waals surface area contributed by atoms with Gasteiger partial charge in [0.1, 0.15) is 5.82 Å². The molecular weight excluding hydrogens is 357 g/mol. The lowest BCUT2D eigenvalue weighted by atomic mass is 9.94. The van der Waals surface area contributed by atoms with E-state index in [9.17, 15) is 9.18 Å². The van der Waals surface area contributed by atoms with Gasteiger partial charge in [0.2, 0.25) is 5.91 Å². The summed E-state index contributed by atoms with van der Waals surface area (Å²) in [7, 11) is 1.95. The Morgan fingerprint density at radius 1 is 1.29 bits per heavy atom. The van der Waals surface area contributed by atoms with E-state index in [4.69, 9.17) is 5.26 Å². The summed E-state index contributed by atoms with van der Waals surface area (Å²) in [4.78, 5) is 17.0. The summed E-state index contributed by atoms with van der Waals surface area (Å²) in [5.74, 6) is -0.187. The number of fused-ring (bicyclic) bond motifs is 1. The second-order valence-corrected chi connectivity index (χ2v) is 7.64. The van der Waals surface area contributed by atoms with E-state index in [1.165, 1.54) is 11.8 Å². The van der Waals surface area contributed by atoms with Crippen molar-refractivity contribution in [1.29, 1.82) is 5.26 Å². The minimum Gasteiger partial charge on any atom is -0.369 e. The van der Waals surface area contributed by atoms with Crippen LogP contribution >= 0.6 is 0 Å². The maximum absolute atomic E-state index is 14.3. The SMILES string of the molecule is Cn1ncc2c1CCCN(C(=O)C1CCN(c3ccc(C#N)cc3F)CC1)C2. The molecule has 3 heterocycles. The molecule has 1 aromatic carbocycles. The smallest absolute Gasteiger partial charge is 0.226 e. The first kappa shape index (κ1) is 18.5. The molecule has 146 valence electrons. The van der Waals surface area contributed by atoms with Crippen molar-refractivity contribution < 1.29 is 9.18 Å². The van der Waals surface area contributed by atoms with Gasteiger partial charge < -0.3 is 9.80 Å². The Bertz CT molecular complexity index is 923. The molecule has 2 aliphatic heterocycles. The Hall–Kier alpha value is -2.88. The van der Waals surface area contributed by atoms with Crippen LogP contribution in [0.1, 0.15) is 36.1 Å². The minimum atomic E-state index is -0.375. The highest BCUT2D eigenvalue weighted by atomic mass is 19.1. The fourth-order valence-corrected chi connectivity index (χ4v) is 4.33. The first-order chi connectivity index (χ1) is 13.6. The fourth-order valence-electron chi connectivity index (χ4n) is 4.33. The topological polar surface area (TPSA) is 65.2 Å². The molecular formula is C21H24FN5O. The van der Waals surface area contributed by atoms with Crippen LogP contribution in [0.3, 0.4) is 0 Å². The van der Waals surface area contributed by atoms with E-state index in [-0.39, 0.29) is 17.6 Å². The van der Waals surface area contributed by atoms with Gasteiger partial charge in [0, 0.05) is 50.4 Å². The van der Waals surface area contributed by atoms with Crippen molar-refractivity contribution >= 4 is 11.6 Å². The molecule has 2 aliphatic rings. The Labute approximate surface area is 164 Å². The van der Waals surface area contributed by atoms with Gasteiger partial charge in [-0.3, -0.25) is 9.48 Å². The highest BCUT2D eigenvalue weighted by Gasteiger charge is 2.31. The summed E-state index contributed by atoms with van der Waals surface area (Å²) >= 11 is 0. The number of aromatic nitrogens is 2. The summed E-state index contributed by atoms with van der Waals surface area (Å²) in [6.07, 6.45) is 5.21. The molecule has 2 aromatic rings. The third kappa shape index (κ3) is 3.47. The lowest BCUT2D eigenvalue weighted by Crippen LogP contribution is -2.42. The van der Waals surface area contributed by atoms with E-state index in [0.29, 0.717) is 43.7 Å². The molecule has 7 heteroatoms. The van der Waals surface area contributed by atoms with Crippen molar-refractivity contribution in [3.05, 3.63) is 47.0 Å². The highest BCUT2D eigenvalue weighted by Crippen LogP contribution is 2.28.